The first-order valence-electron chi connectivity index (χ1n) is 8.09. The summed E-state index contributed by atoms with van der Waals surface area (Å²) in [5.41, 5.74) is -0.656. The summed E-state index contributed by atoms with van der Waals surface area (Å²) in [5, 5.41) is 11.7. The molecule has 0 bridgehead atoms. The molecule has 138 valence electrons. The van der Waals surface area contributed by atoms with Gasteiger partial charge in [-0.2, -0.15) is 0 Å². The Labute approximate surface area is 143 Å². The molecule has 0 aromatic heterocycles. The number of carboxylic acid groups (broad SMARTS) is 1. The molecule has 0 spiro atoms. The van der Waals surface area contributed by atoms with Crippen LogP contribution >= 0.6 is 0 Å². The lowest BCUT2D eigenvalue weighted by Gasteiger charge is -2.25. The molecule has 0 heterocycles. The highest BCUT2D eigenvalue weighted by Crippen LogP contribution is 2.12. The first kappa shape index (κ1) is 21.9. The van der Waals surface area contributed by atoms with Crippen molar-refractivity contribution in [3.63, 3.8) is 0 Å². The maximum absolute atomic E-state index is 11.8. The summed E-state index contributed by atoms with van der Waals surface area (Å²) in [5.74, 6) is -2.05. The number of hydrogen-bond acceptors (Lipinski definition) is 5. The Bertz CT molecular complexity index is 452. The fraction of sp³-hybridized carbons (Fsp3) is 0.706. The lowest BCUT2D eigenvalue weighted by atomic mass is 9.99. The van der Waals surface area contributed by atoms with Crippen LogP contribution in [0.4, 0.5) is 4.79 Å². The number of aliphatic carboxylic acids is 1. The molecule has 0 fully saturated rings. The Balaban J connectivity index is 4.55. The molecule has 7 heteroatoms. The van der Waals surface area contributed by atoms with E-state index >= 15 is 0 Å². The van der Waals surface area contributed by atoms with Crippen molar-refractivity contribution in [1.82, 2.24) is 5.32 Å². The number of ether oxygens (including phenoxy) is 2. The van der Waals surface area contributed by atoms with Crippen LogP contribution in [-0.4, -0.2) is 41.4 Å². The van der Waals surface area contributed by atoms with Gasteiger partial charge >= 0.3 is 18.0 Å². The van der Waals surface area contributed by atoms with Gasteiger partial charge in [-0.25, -0.2) is 4.79 Å². The average Bonchev–Trinajstić information content (AvgIpc) is 2.43. The summed E-state index contributed by atoms with van der Waals surface area (Å²) >= 11 is 0. The Morgan fingerprint density at radius 3 is 2.33 bits per heavy atom. The van der Waals surface area contributed by atoms with E-state index in [-0.39, 0.29) is 12.4 Å². The van der Waals surface area contributed by atoms with E-state index in [1.54, 1.807) is 39.8 Å². The van der Waals surface area contributed by atoms with Crippen LogP contribution in [0.2, 0.25) is 0 Å². The minimum atomic E-state index is -1.00. The fourth-order valence-electron chi connectivity index (χ4n) is 1.81. The molecule has 0 saturated carbocycles. The van der Waals surface area contributed by atoms with Gasteiger partial charge in [-0.15, -0.1) is 0 Å². The van der Waals surface area contributed by atoms with E-state index < -0.39 is 29.6 Å². The predicted octanol–water partition coefficient (Wildman–Crippen LogP) is 2.89. The molecule has 0 aliphatic rings. The predicted molar refractivity (Wildman–Crippen MR) is 89.6 cm³/mol. The number of carboxylic acids is 1. The van der Waals surface area contributed by atoms with Crippen molar-refractivity contribution in [2.75, 3.05) is 6.61 Å². The lowest BCUT2D eigenvalue weighted by Crippen LogP contribution is -2.44. The molecule has 2 atom stereocenters. The molecule has 0 saturated heterocycles. The Hall–Kier alpha value is -2.05. The van der Waals surface area contributed by atoms with Crippen LogP contribution in [0.5, 0.6) is 0 Å². The van der Waals surface area contributed by atoms with Gasteiger partial charge in [0, 0.05) is 12.5 Å². The van der Waals surface area contributed by atoms with Crippen LogP contribution in [0.25, 0.3) is 0 Å². The molecule has 0 radical (unpaired) electrons. The summed E-state index contributed by atoms with van der Waals surface area (Å²) in [6, 6.07) is -0.601. The molecule has 0 aromatic rings. The summed E-state index contributed by atoms with van der Waals surface area (Å²) in [7, 11) is 0. The number of alkyl carbamates (subject to hydrolysis) is 1. The van der Waals surface area contributed by atoms with Crippen molar-refractivity contribution in [3.8, 4) is 0 Å². The van der Waals surface area contributed by atoms with E-state index in [2.05, 4.69) is 5.32 Å². The second-order valence-electron chi connectivity index (χ2n) is 6.43. The zero-order valence-corrected chi connectivity index (χ0v) is 15.1. The molecule has 0 aromatic carbocycles. The first-order valence-corrected chi connectivity index (χ1v) is 8.09. The van der Waals surface area contributed by atoms with Crippen molar-refractivity contribution in [1.29, 1.82) is 0 Å². The zero-order chi connectivity index (χ0) is 18.8. The Morgan fingerprint density at radius 1 is 1.21 bits per heavy atom. The second-order valence-corrected chi connectivity index (χ2v) is 6.43. The number of nitrogens with one attached hydrogen (secondary N) is 1. The topological polar surface area (TPSA) is 102 Å². The molecular formula is C17H29NO6. The summed E-state index contributed by atoms with van der Waals surface area (Å²) < 4.78 is 9.97. The van der Waals surface area contributed by atoms with Crippen LogP contribution in [-0.2, 0) is 19.1 Å². The van der Waals surface area contributed by atoms with E-state index in [1.807, 2.05) is 0 Å². The average molecular weight is 343 g/mol. The molecule has 0 rings (SSSR count). The maximum atomic E-state index is 11.8. The Kier molecular flexibility index (Phi) is 9.76. The van der Waals surface area contributed by atoms with E-state index in [0.717, 1.165) is 0 Å². The van der Waals surface area contributed by atoms with Crippen LogP contribution in [0.3, 0.4) is 0 Å². The van der Waals surface area contributed by atoms with E-state index in [4.69, 9.17) is 14.6 Å². The van der Waals surface area contributed by atoms with Crippen LogP contribution in [0.1, 0.15) is 53.9 Å². The highest BCUT2D eigenvalue weighted by Gasteiger charge is 2.26. The van der Waals surface area contributed by atoms with Crippen molar-refractivity contribution < 1.29 is 29.0 Å². The van der Waals surface area contributed by atoms with Gasteiger partial charge in [-0.1, -0.05) is 12.2 Å². The monoisotopic (exact) mass is 343 g/mol. The normalized spacial score (nSPS) is 14.0. The third kappa shape index (κ3) is 10.6. The largest absolute Gasteiger partial charge is 0.481 e. The SMILES string of the molecule is CCOC(=O)CC/C=C\C[C@@H](NC(=O)OC(C)(C)C)[C@H](C)C(=O)O. The van der Waals surface area contributed by atoms with Crippen LogP contribution in [0, 0.1) is 5.92 Å². The quantitative estimate of drug-likeness (QED) is 0.493. The summed E-state index contributed by atoms with van der Waals surface area (Å²) in [6.07, 6.45) is 3.97. The van der Waals surface area contributed by atoms with Gasteiger partial charge in [0.15, 0.2) is 0 Å². The highest BCUT2D eigenvalue weighted by atomic mass is 16.6. The molecular weight excluding hydrogens is 314 g/mol. The van der Waals surface area contributed by atoms with Gasteiger partial charge in [-0.05, 0) is 47.5 Å². The molecule has 0 unspecified atom stereocenters. The minimum absolute atomic E-state index is 0.267. The molecule has 7 nitrogen and oxygen atoms in total. The lowest BCUT2D eigenvalue weighted by molar-refractivity contribution is -0.143. The summed E-state index contributed by atoms with van der Waals surface area (Å²) in [6.45, 7) is 8.82. The number of carbonyl (C=O) groups excluding carboxylic acids is 2. The molecule has 2 N–H and O–H groups in total. The number of esters is 1. The third-order valence-corrected chi connectivity index (χ3v) is 3.07. The van der Waals surface area contributed by atoms with Crippen molar-refractivity contribution in [2.24, 2.45) is 5.92 Å². The number of amides is 1. The first-order chi connectivity index (χ1) is 11.1. The standard InChI is InChI=1S/C17H29NO6/c1-6-23-14(19)11-9-7-8-10-13(12(2)15(20)21)18-16(22)24-17(3,4)5/h7-8,12-13H,6,9-11H2,1-5H3,(H,18,22)(H,20,21)/b8-7-/t12-,13+/m0/s1. The number of hydrogen-bond donors (Lipinski definition) is 2. The van der Waals surface area contributed by atoms with E-state index in [1.165, 1.54) is 6.92 Å². The zero-order valence-electron chi connectivity index (χ0n) is 15.1. The highest BCUT2D eigenvalue weighted by molar-refractivity contribution is 5.73. The number of rotatable bonds is 9. The van der Waals surface area contributed by atoms with Gasteiger partial charge in [-0.3, -0.25) is 9.59 Å². The van der Waals surface area contributed by atoms with Gasteiger partial charge in [0.05, 0.1) is 12.5 Å². The van der Waals surface area contributed by atoms with Crippen molar-refractivity contribution in [3.05, 3.63) is 12.2 Å². The molecule has 0 aliphatic carbocycles. The molecule has 1 amide bonds. The maximum Gasteiger partial charge on any atom is 0.407 e. The van der Waals surface area contributed by atoms with Crippen molar-refractivity contribution in [2.45, 2.75) is 65.5 Å². The van der Waals surface area contributed by atoms with Gasteiger partial charge in [0.1, 0.15) is 5.60 Å². The van der Waals surface area contributed by atoms with Gasteiger partial charge in [0.25, 0.3) is 0 Å². The summed E-state index contributed by atoms with van der Waals surface area (Å²) in [4.78, 5) is 34.2. The molecule has 0 aliphatic heterocycles. The smallest absolute Gasteiger partial charge is 0.407 e. The van der Waals surface area contributed by atoms with Crippen LogP contribution in [0.15, 0.2) is 12.2 Å². The van der Waals surface area contributed by atoms with E-state index in [9.17, 15) is 14.4 Å². The van der Waals surface area contributed by atoms with Gasteiger partial charge in [0.2, 0.25) is 0 Å². The Morgan fingerprint density at radius 2 is 1.83 bits per heavy atom. The third-order valence-electron chi connectivity index (χ3n) is 3.07. The second kappa shape index (κ2) is 10.7. The van der Waals surface area contributed by atoms with Gasteiger partial charge < -0.3 is 19.9 Å². The van der Waals surface area contributed by atoms with E-state index in [0.29, 0.717) is 19.4 Å². The minimum Gasteiger partial charge on any atom is -0.481 e. The van der Waals surface area contributed by atoms with Crippen LogP contribution < -0.4 is 5.32 Å². The number of carbonyl (C=O) groups is 3. The van der Waals surface area contributed by atoms with Crippen molar-refractivity contribution >= 4 is 18.0 Å². The fourth-order valence-corrected chi connectivity index (χ4v) is 1.81. The molecule has 24 heavy (non-hydrogen) atoms. The number of allylic oxidation sites excluding steroid dienone is 1.